The Balaban J connectivity index is 1.43. The van der Waals surface area contributed by atoms with Gasteiger partial charge in [-0.05, 0) is 37.8 Å². The van der Waals surface area contributed by atoms with Gasteiger partial charge in [0, 0.05) is 25.7 Å². The van der Waals surface area contributed by atoms with Crippen molar-refractivity contribution in [3.8, 4) is 0 Å². The summed E-state index contributed by atoms with van der Waals surface area (Å²) in [7, 11) is 0. The highest BCUT2D eigenvalue weighted by atomic mass is 32.1. The van der Waals surface area contributed by atoms with E-state index >= 15 is 0 Å². The molecule has 4 heterocycles. The van der Waals surface area contributed by atoms with Crippen LogP contribution in [-0.4, -0.2) is 45.6 Å². The number of fused-ring (bicyclic) bond motifs is 1. The second kappa shape index (κ2) is 9.57. The summed E-state index contributed by atoms with van der Waals surface area (Å²) in [6.45, 7) is 1.49. The molecule has 0 aliphatic carbocycles. The Kier molecular flexibility index (Phi) is 6.49. The van der Waals surface area contributed by atoms with Gasteiger partial charge in [0.05, 0.1) is 0 Å². The summed E-state index contributed by atoms with van der Waals surface area (Å²) >= 11 is 0.921. The smallest absolute Gasteiger partial charge is 0.350 e. The molecule has 5 rings (SSSR count). The van der Waals surface area contributed by atoms with Crippen molar-refractivity contribution in [2.24, 2.45) is 0 Å². The van der Waals surface area contributed by atoms with E-state index in [0.29, 0.717) is 42.2 Å². The topological polar surface area (TPSA) is 92.2 Å². The van der Waals surface area contributed by atoms with E-state index in [-0.39, 0.29) is 28.8 Å². The predicted octanol–water partition coefficient (Wildman–Crippen LogP) is 2.91. The Bertz CT molecular complexity index is 1270. The van der Waals surface area contributed by atoms with E-state index in [0.717, 1.165) is 29.7 Å². The van der Waals surface area contributed by atoms with Crippen molar-refractivity contribution in [3.05, 3.63) is 52.1 Å². The molecule has 0 bridgehead atoms. The first kappa shape index (κ1) is 23.7. The van der Waals surface area contributed by atoms with Crippen LogP contribution in [0.2, 0.25) is 0 Å². The minimum atomic E-state index is -4.77. The first-order valence-electron chi connectivity index (χ1n) is 11.6. The number of alkyl halides is 3. The van der Waals surface area contributed by atoms with Gasteiger partial charge in [-0.3, -0.25) is 14.2 Å². The standard InChI is InChI=1S/C23H25F3N6O2S/c24-23(25,26)21-30-19-17(20(34)32(21)13-15-8-4-10-27-15)29-22(35-19)31-11-5-9-16(31)18(33)28-12-14-6-2-1-3-7-14/h1-3,6-7,15-16,27H,4-5,8-13H2,(H,28,33)/t15-,16?/m0/s1. The van der Waals surface area contributed by atoms with Gasteiger partial charge in [0.2, 0.25) is 11.7 Å². The molecule has 8 nitrogen and oxygen atoms in total. The lowest BCUT2D eigenvalue weighted by Crippen LogP contribution is -2.43. The van der Waals surface area contributed by atoms with Crippen molar-refractivity contribution in [2.75, 3.05) is 18.0 Å². The van der Waals surface area contributed by atoms with Gasteiger partial charge in [0.25, 0.3) is 5.56 Å². The molecule has 2 saturated heterocycles. The number of rotatable bonds is 6. The molecule has 1 unspecified atom stereocenters. The van der Waals surface area contributed by atoms with Gasteiger partial charge in [-0.25, -0.2) is 9.97 Å². The number of benzene rings is 1. The van der Waals surface area contributed by atoms with Crippen molar-refractivity contribution >= 4 is 32.7 Å². The maximum absolute atomic E-state index is 13.8. The molecule has 12 heteroatoms. The molecule has 2 N–H and O–H groups in total. The highest BCUT2D eigenvalue weighted by Crippen LogP contribution is 2.34. The van der Waals surface area contributed by atoms with Crippen LogP contribution in [0.15, 0.2) is 35.1 Å². The lowest BCUT2D eigenvalue weighted by molar-refractivity contribution is -0.148. The van der Waals surface area contributed by atoms with E-state index < -0.39 is 23.6 Å². The molecule has 2 aliphatic rings. The summed E-state index contributed by atoms with van der Waals surface area (Å²) in [5.74, 6) is -1.39. The SMILES string of the molecule is O=C(NCc1ccccc1)C1CCCN1c1nc2c(=O)n(C[C@@H]3CCCN3)c(C(F)(F)F)nc2s1. The molecule has 2 aliphatic heterocycles. The normalized spacial score (nSPS) is 20.6. The lowest BCUT2D eigenvalue weighted by atomic mass is 10.2. The summed E-state index contributed by atoms with van der Waals surface area (Å²) in [6, 6.07) is 8.78. The number of carbonyl (C=O) groups is 1. The van der Waals surface area contributed by atoms with Crippen LogP contribution in [0.4, 0.5) is 18.3 Å². The van der Waals surface area contributed by atoms with Crippen LogP contribution >= 0.6 is 11.3 Å². The van der Waals surface area contributed by atoms with Crippen molar-refractivity contribution < 1.29 is 18.0 Å². The maximum atomic E-state index is 13.8. The van der Waals surface area contributed by atoms with Crippen LogP contribution in [0, 0.1) is 0 Å². The minimum absolute atomic E-state index is 0.0664. The first-order valence-corrected chi connectivity index (χ1v) is 12.4. The number of nitrogens with one attached hydrogen (secondary N) is 2. The second-order valence-corrected chi connectivity index (χ2v) is 9.80. The van der Waals surface area contributed by atoms with Gasteiger partial charge < -0.3 is 15.5 Å². The number of nitrogens with zero attached hydrogens (tertiary/aromatic N) is 4. The highest BCUT2D eigenvalue weighted by Gasteiger charge is 2.39. The summed E-state index contributed by atoms with van der Waals surface area (Å²) < 4.78 is 42.1. The van der Waals surface area contributed by atoms with Gasteiger partial charge in [-0.1, -0.05) is 41.7 Å². The number of hydrogen-bond donors (Lipinski definition) is 2. The second-order valence-electron chi connectivity index (χ2n) is 8.85. The van der Waals surface area contributed by atoms with Gasteiger partial charge in [-0.15, -0.1) is 0 Å². The number of halogens is 3. The molecule has 0 radical (unpaired) electrons. The number of amides is 1. The molecule has 0 saturated carbocycles. The molecular weight excluding hydrogens is 481 g/mol. The van der Waals surface area contributed by atoms with Gasteiger partial charge in [-0.2, -0.15) is 13.2 Å². The fourth-order valence-corrected chi connectivity index (χ4v) is 5.72. The summed E-state index contributed by atoms with van der Waals surface area (Å²) in [5.41, 5.74) is 0.0701. The van der Waals surface area contributed by atoms with Gasteiger partial charge >= 0.3 is 6.18 Å². The van der Waals surface area contributed by atoms with E-state index in [1.807, 2.05) is 30.3 Å². The van der Waals surface area contributed by atoms with E-state index in [1.165, 1.54) is 0 Å². The number of carbonyl (C=O) groups excluding carboxylic acids is 1. The van der Waals surface area contributed by atoms with Gasteiger partial charge in [0.15, 0.2) is 15.5 Å². The van der Waals surface area contributed by atoms with Crippen LogP contribution in [0.3, 0.4) is 0 Å². The maximum Gasteiger partial charge on any atom is 0.449 e. The minimum Gasteiger partial charge on any atom is -0.350 e. The van der Waals surface area contributed by atoms with Crippen LogP contribution < -0.4 is 21.1 Å². The zero-order valence-corrected chi connectivity index (χ0v) is 19.7. The molecule has 2 atom stereocenters. The molecule has 2 fully saturated rings. The summed E-state index contributed by atoms with van der Waals surface area (Å²) in [5, 5.41) is 6.39. The molecule has 35 heavy (non-hydrogen) atoms. The third kappa shape index (κ3) is 4.90. The van der Waals surface area contributed by atoms with Crippen molar-refractivity contribution in [3.63, 3.8) is 0 Å². The van der Waals surface area contributed by atoms with Crippen molar-refractivity contribution in [1.29, 1.82) is 0 Å². The van der Waals surface area contributed by atoms with Crippen LogP contribution in [-0.2, 0) is 24.1 Å². The molecule has 1 aromatic carbocycles. The zero-order valence-electron chi connectivity index (χ0n) is 18.8. The summed E-state index contributed by atoms with van der Waals surface area (Å²) in [6.07, 6.45) is -1.91. The quantitative estimate of drug-likeness (QED) is 0.534. The Morgan fingerprint density at radius 1 is 1.17 bits per heavy atom. The first-order chi connectivity index (χ1) is 16.8. The number of anilines is 1. The molecule has 3 aromatic rings. The molecule has 2 aromatic heterocycles. The average Bonchev–Trinajstić information content (AvgIpc) is 3.59. The fraction of sp³-hybridized carbons (Fsp3) is 0.478. The van der Waals surface area contributed by atoms with E-state index in [1.54, 1.807) is 4.90 Å². The molecule has 1 amide bonds. The third-order valence-corrected chi connectivity index (χ3v) is 7.42. The van der Waals surface area contributed by atoms with E-state index in [2.05, 4.69) is 20.6 Å². The molecule has 186 valence electrons. The van der Waals surface area contributed by atoms with Crippen molar-refractivity contribution in [1.82, 2.24) is 25.2 Å². The molecule has 0 spiro atoms. The number of thiazole rings is 1. The Morgan fingerprint density at radius 3 is 2.69 bits per heavy atom. The largest absolute Gasteiger partial charge is 0.449 e. The highest BCUT2D eigenvalue weighted by molar-refractivity contribution is 7.21. The number of aromatic nitrogens is 3. The summed E-state index contributed by atoms with van der Waals surface area (Å²) in [4.78, 5) is 35.9. The lowest BCUT2D eigenvalue weighted by Gasteiger charge is -2.23. The Hall–Kier alpha value is -2.99. The van der Waals surface area contributed by atoms with Crippen LogP contribution in [0.25, 0.3) is 10.3 Å². The zero-order chi connectivity index (χ0) is 24.6. The van der Waals surface area contributed by atoms with Gasteiger partial charge in [0.1, 0.15) is 6.04 Å². The van der Waals surface area contributed by atoms with Crippen LogP contribution in [0.5, 0.6) is 0 Å². The predicted molar refractivity (Wildman–Crippen MR) is 126 cm³/mol. The average molecular weight is 507 g/mol. The van der Waals surface area contributed by atoms with Crippen LogP contribution in [0.1, 0.15) is 37.1 Å². The van der Waals surface area contributed by atoms with Crippen molar-refractivity contribution in [2.45, 2.75) is 57.0 Å². The van der Waals surface area contributed by atoms with E-state index in [4.69, 9.17) is 0 Å². The Labute approximate surface area is 203 Å². The third-order valence-electron chi connectivity index (χ3n) is 6.44. The monoisotopic (exact) mass is 506 g/mol. The van der Waals surface area contributed by atoms with E-state index in [9.17, 15) is 22.8 Å². The fourth-order valence-electron chi connectivity index (χ4n) is 4.71. The number of hydrogen-bond acceptors (Lipinski definition) is 7. The Morgan fingerprint density at radius 2 is 1.97 bits per heavy atom. The molecular formula is C23H25F3N6O2S.